The van der Waals surface area contributed by atoms with Crippen molar-refractivity contribution >= 4 is 27.6 Å². The summed E-state index contributed by atoms with van der Waals surface area (Å²) in [6.07, 6.45) is 4.11. The number of H-pyrrole nitrogens is 1. The Bertz CT molecular complexity index is 1060. The van der Waals surface area contributed by atoms with Crippen molar-refractivity contribution < 1.29 is 13.2 Å². The van der Waals surface area contributed by atoms with Gasteiger partial charge in [-0.05, 0) is 39.5 Å². The highest BCUT2D eigenvalue weighted by Gasteiger charge is 2.37. The first kappa shape index (κ1) is 21.7. The molecule has 2 fully saturated rings. The number of hydrogen-bond acceptors (Lipinski definition) is 7. The molecule has 2 aromatic rings. The summed E-state index contributed by atoms with van der Waals surface area (Å²) < 4.78 is 25.0. The zero-order chi connectivity index (χ0) is 22.2. The quantitative estimate of drug-likeness (QED) is 0.717. The van der Waals surface area contributed by atoms with E-state index in [4.69, 9.17) is 0 Å². The lowest BCUT2D eigenvalue weighted by molar-refractivity contribution is -0.137. The summed E-state index contributed by atoms with van der Waals surface area (Å²) in [5, 5.41) is 10.3. The molecule has 1 unspecified atom stereocenters. The number of nitrogens with one attached hydrogen (secondary N) is 2. The molecule has 0 bridgehead atoms. The Morgan fingerprint density at radius 3 is 2.48 bits per heavy atom. The molecule has 10 nitrogen and oxygen atoms in total. The Morgan fingerprint density at radius 2 is 1.84 bits per heavy atom. The molecule has 2 N–H and O–H groups in total. The van der Waals surface area contributed by atoms with E-state index in [0.717, 1.165) is 24.2 Å². The van der Waals surface area contributed by atoms with Gasteiger partial charge in [0.05, 0.1) is 18.0 Å². The number of sulfonamides is 1. The van der Waals surface area contributed by atoms with Crippen LogP contribution in [0.25, 0.3) is 0 Å². The van der Waals surface area contributed by atoms with E-state index in [1.165, 1.54) is 10.6 Å². The largest absolute Gasteiger partial charge is 0.334 e. The molecule has 2 saturated heterocycles. The van der Waals surface area contributed by atoms with Crippen molar-refractivity contribution in [2.75, 3.05) is 31.2 Å². The third-order valence-electron chi connectivity index (χ3n) is 5.97. The van der Waals surface area contributed by atoms with Crippen LogP contribution < -0.4 is 5.32 Å². The predicted molar refractivity (Wildman–Crippen MR) is 116 cm³/mol. The van der Waals surface area contributed by atoms with Gasteiger partial charge in [0.25, 0.3) is 0 Å². The highest BCUT2D eigenvalue weighted by Crippen LogP contribution is 2.35. The number of aromatic amines is 1. The van der Waals surface area contributed by atoms with Gasteiger partial charge in [0, 0.05) is 43.4 Å². The zero-order valence-corrected chi connectivity index (χ0v) is 18.9. The summed E-state index contributed by atoms with van der Waals surface area (Å²) in [6.45, 7) is 5.26. The van der Waals surface area contributed by atoms with Crippen LogP contribution in [0, 0.1) is 19.8 Å². The van der Waals surface area contributed by atoms with Gasteiger partial charge in [-0.25, -0.2) is 22.7 Å². The molecule has 0 aliphatic carbocycles. The summed E-state index contributed by atoms with van der Waals surface area (Å²) in [5.74, 6) is 1.91. The maximum absolute atomic E-state index is 13.3. The minimum absolute atomic E-state index is 0.0939. The number of piperidine rings is 1. The van der Waals surface area contributed by atoms with E-state index in [0.29, 0.717) is 49.9 Å². The SMILES string of the molecule is Cc1nc(Nc2cc(C)[nH]n2)cc(C2CCCN2C(=O)C2CCN(S(C)(=O)=O)CC2)n1. The van der Waals surface area contributed by atoms with Crippen LogP contribution in [0.4, 0.5) is 11.6 Å². The van der Waals surface area contributed by atoms with Gasteiger partial charge in [0.1, 0.15) is 11.6 Å². The third-order valence-corrected chi connectivity index (χ3v) is 7.27. The Hall–Kier alpha value is -2.53. The first-order valence-corrected chi connectivity index (χ1v) is 12.5. The molecule has 31 heavy (non-hydrogen) atoms. The monoisotopic (exact) mass is 447 g/mol. The summed E-state index contributed by atoms with van der Waals surface area (Å²) >= 11 is 0. The zero-order valence-electron chi connectivity index (χ0n) is 18.1. The van der Waals surface area contributed by atoms with Crippen molar-refractivity contribution in [1.82, 2.24) is 29.4 Å². The van der Waals surface area contributed by atoms with Crippen LogP contribution in [0.1, 0.15) is 48.9 Å². The van der Waals surface area contributed by atoms with Gasteiger partial charge in [-0.1, -0.05) is 0 Å². The van der Waals surface area contributed by atoms with Crippen LogP contribution in [-0.4, -0.2) is 69.6 Å². The van der Waals surface area contributed by atoms with Gasteiger partial charge in [-0.2, -0.15) is 5.10 Å². The average molecular weight is 448 g/mol. The van der Waals surface area contributed by atoms with Crippen molar-refractivity contribution in [3.05, 3.63) is 29.3 Å². The Balaban J connectivity index is 1.48. The van der Waals surface area contributed by atoms with Gasteiger partial charge in [0.15, 0.2) is 5.82 Å². The fourth-order valence-corrected chi connectivity index (χ4v) is 5.32. The fourth-order valence-electron chi connectivity index (χ4n) is 4.45. The van der Waals surface area contributed by atoms with E-state index in [-0.39, 0.29) is 17.9 Å². The van der Waals surface area contributed by atoms with Gasteiger partial charge in [-0.15, -0.1) is 0 Å². The number of carbonyl (C=O) groups excluding carboxylic acids is 1. The molecule has 0 saturated carbocycles. The van der Waals surface area contributed by atoms with E-state index >= 15 is 0 Å². The van der Waals surface area contributed by atoms with E-state index in [2.05, 4.69) is 25.5 Å². The lowest BCUT2D eigenvalue weighted by Crippen LogP contribution is -2.44. The smallest absolute Gasteiger partial charge is 0.226 e. The molecule has 2 aliphatic rings. The normalized spacial score (nSPS) is 20.9. The number of likely N-dealkylation sites (tertiary alicyclic amines) is 1. The molecule has 11 heteroatoms. The molecule has 2 aliphatic heterocycles. The summed E-state index contributed by atoms with van der Waals surface area (Å²) in [6, 6.07) is 3.69. The van der Waals surface area contributed by atoms with Crippen molar-refractivity contribution in [3.8, 4) is 0 Å². The fraction of sp³-hybridized carbons (Fsp3) is 0.600. The molecule has 168 valence electrons. The highest BCUT2D eigenvalue weighted by molar-refractivity contribution is 7.88. The first-order chi connectivity index (χ1) is 14.7. The van der Waals surface area contributed by atoms with Crippen molar-refractivity contribution in [1.29, 1.82) is 0 Å². The summed E-state index contributed by atoms with van der Waals surface area (Å²) in [4.78, 5) is 24.3. The van der Waals surface area contributed by atoms with Gasteiger partial charge in [-0.3, -0.25) is 9.89 Å². The van der Waals surface area contributed by atoms with Crippen molar-refractivity contribution in [2.24, 2.45) is 5.92 Å². The number of rotatable bonds is 5. The molecule has 0 spiro atoms. The summed E-state index contributed by atoms with van der Waals surface area (Å²) in [7, 11) is -3.20. The molecule has 4 heterocycles. The Kier molecular flexibility index (Phi) is 5.98. The standard InChI is InChI=1S/C20H29N7O3S/c1-13-11-19(25-24-13)23-18-12-16(21-14(2)22-18)17-5-4-8-27(17)20(28)15-6-9-26(10-7-15)31(3,29)30/h11-12,15,17H,4-10H2,1-3H3,(H2,21,22,23,24,25). The molecule has 2 aromatic heterocycles. The van der Waals surface area contributed by atoms with E-state index in [1.807, 2.05) is 30.9 Å². The Labute approximate surface area is 182 Å². The number of aromatic nitrogens is 4. The second-order valence-electron chi connectivity index (χ2n) is 8.41. The molecular weight excluding hydrogens is 418 g/mol. The third kappa shape index (κ3) is 4.87. The van der Waals surface area contributed by atoms with Crippen LogP contribution in [0.3, 0.4) is 0 Å². The lowest BCUT2D eigenvalue weighted by Gasteiger charge is -2.33. The number of nitrogens with zero attached hydrogens (tertiary/aromatic N) is 5. The first-order valence-electron chi connectivity index (χ1n) is 10.6. The molecule has 0 radical (unpaired) electrons. The Morgan fingerprint density at radius 1 is 1.10 bits per heavy atom. The van der Waals surface area contributed by atoms with E-state index < -0.39 is 10.0 Å². The predicted octanol–water partition coefficient (Wildman–Crippen LogP) is 1.90. The topological polar surface area (TPSA) is 124 Å². The van der Waals surface area contributed by atoms with Gasteiger partial charge >= 0.3 is 0 Å². The number of anilines is 2. The maximum Gasteiger partial charge on any atom is 0.226 e. The van der Waals surface area contributed by atoms with E-state index in [9.17, 15) is 13.2 Å². The second kappa shape index (κ2) is 8.54. The molecular formula is C20H29N7O3S. The molecule has 4 rings (SSSR count). The summed E-state index contributed by atoms with van der Waals surface area (Å²) in [5.41, 5.74) is 1.77. The van der Waals surface area contributed by atoms with Crippen LogP contribution in [0.5, 0.6) is 0 Å². The number of aryl methyl sites for hydroxylation is 2. The molecule has 1 amide bonds. The molecule has 1 atom stereocenters. The van der Waals surface area contributed by atoms with Crippen molar-refractivity contribution in [3.63, 3.8) is 0 Å². The van der Waals surface area contributed by atoms with E-state index in [1.54, 1.807) is 0 Å². The van der Waals surface area contributed by atoms with Gasteiger partial charge < -0.3 is 10.2 Å². The number of amides is 1. The van der Waals surface area contributed by atoms with Crippen LogP contribution in [-0.2, 0) is 14.8 Å². The van der Waals surface area contributed by atoms with Crippen LogP contribution in [0.15, 0.2) is 12.1 Å². The number of carbonyl (C=O) groups is 1. The second-order valence-corrected chi connectivity index (χ2v) is 10.4. The average Bonchev–Trinajstić information content (AvgIpc) is 3.35. The molecule has 0 aromatic carbocycles. The number of hydrogen-bond donors (Lipinski definition) is 2. The minimum atomic E-state index is -3.20. The van der Waals surface area contributed by atoms with Gasteiger partial charge in [0.2, 0.25) is 15.9 Å². The highest BCUT2D eigenvalue weighted by atomic mass is 32.2. The van der Waals surface area contributed by atoms with Crippen molar-refractivity contribution in [2.45, 2.75) is 45.6 Å². The van der Waals surface area contributed by atoms with Crippen LogP contribution >= 0.6 is 0 Å². The maximum atomic E-state index is 13.3. The minimum Gasteiger partial charge on any atom is -0.334 e. The van der Waals surface area contributed by atoms with Crippen LogP contribution in [0.2, 0.25) is 0 Å². The lowest BCUT2D eigenvalue weighted by atomic mass is 9.96.